The Hall–Kier alpha value is -3.97. The van der Waals surface area contributed by atoms with Crippen LogP contribution in [0.4, 0.5) is 13.2 Å². The van der Waals surface area contributed by atoms with E-state index >= 15 is 0 Å². The van der Waals surface area contributed by atoms with Crippen LogP contribution in [0.15, 0.2) is 100 Å². The number of halogens is 4. The van der Waals surface area contributed by atoms with Gasteiger partial charge in [-0.05, 0) is 128 Å². The zero-order valence-electron chi connectivity index (χ0n) is 32.0. The molecule has 286 valence electrons. The van der Waals surface area contributed by atoms with E-state index in [1.54, 1.807) is 19.3 Å². The summed E-state index contributed by atoms with van der Waals surface area (Å²) in [4.78, 5) is 17.9. The Kier molecular flexibility index (Phi) is 12.5. The molecule has 2 aromatic heterocycles. The Morgan fingerprint density at radius 2 is 1.56 bits per heavy atom. The highest BCUT2D eigenvalue weighted by Gasteiger charge is 2.51. The lowest BCUT2D eigenvalue weighted by Gasteiger charge is -2.32. The Labute approximate surface area is 324 Å². The lowest BCUT2D eigenvalue weighted by Crippen LogP contribution is -2.41. The van der Waals surface area contributed by atoms with Gasteiger partial charge in [0.25, 0.3) is 0 Å². The number of fused-ring (bicyclic) bond motifs is 1. The van der Waals surface area contributed by atoms with Crippen LogP contribution in [0.5, 0.6) is 0 Å². The Morgan fingerprint density at radius 3 is 2.17 bits per heavy atom. The molecule has 1 saturated heterocycles. The van der Waals surface area contributed by atoms with Crippen LogP contribution in [0.1, 0.15) is 82.2 Å². The minimum absolute atomic E-state index is 0.232. The largest absolute Gasteiger partial charge is 0.494 e. The van der Waals surface area contributed by atoms with E-state index < -0.39 is 35.7 Å². The Bertz CT molecular complexity index is 2050. The maximum atomic E-state index is 13.2. The van der Waals surface area contributed by atoms with E-state index in [9.17, 15) is 18.0 Å². The summed E-state index contributed by atoms with van der Waals surface area (Å²) >= 11 is 3.33. The number of hydrogen-bond acceptors (Lipinski definition) is 7. The topological polar surface area (TPSA) is 74.0 Å². The fraction of sp³-hybridized carbons (Fsp3) is 0.381. The molecule has 0 bridgehead atoms. The number of pyridine rings is 1. The molecule has 54 heavy (non-hydrogen) atoms. The maximum Gasteiger partial charge on any atom is 0.494 e. The van der Waals surface area contributed by atoms with Gasteiger partial charge >= 0.3 is 19.3 Å². The minimum Gasteiger partial charge on any atom is -0.465 e. The van der Waals surface area contributed by atoms with Crippen LogP contribution in [0.25, 0.3) is 10.8 Å². The van der Waals surface area contributed by atoms with E-state index in [0.717, 1.165) is 49.0 Å². The molecule has 1 aliphatic heterocycles. The highest BCUT2D eigenvalue weighted by atomic mass is 79.9. The summed E-state index contributed by atoms with van der Waals surface area (Å²) in [6.07, 6.45) is -1.15. The molecule has 12 heteroatoms. The minimum atomic E-state index is -4.52. The number of carbonyl (C=O) groups is 1. The highest BCUT2D eigenvalue weighted by molar-refractivity contribution is 9.10. The van der Waals surface area contributed by atoms with Crippen molar-refractivity contribution in [2.45, 2.75) is 97.8 Å². The van der Waals surface area contributed by atoms with Crippen molar-refractivity contribution in [3.8, 4) is 0 Å². The lowest BCUT2D eigenvalue weighted by molar-refractivity contribution is -0.153. The van der Waals surface area contributed by atoms with Crippen molar-refractivity contribution < 1.29 is 36.4 Å². The number of nitrogens with zero attached hydrogens (tertiary/aromatic N) is 2. The normalized spacial score (nSPS) is 15.3. The predicted molar refractivity (Wildman–Crippen MR) is 209 cm³/mol. The molecule has 0 aliphatic carbocycles. The molecule has 7 nitrogen and oxygen atoms in total. The highest BCUT2D eigenvalue weighted by Crippen LogP contribution is 2.37. The summed E-state index contributed by atoms with van der Waals surface area (Å²) in [5, 5.41) is 2.26. The molecule has 1 aliphatic rings. The smallest absolute Gasteiger partial charge is 0.465 e. The summed E-state index contributed by atoms with van der Waals surface area (Å²) < 4.78 is 63.0. The van der Waals surface area contributed by atoms with Crippen LogP contribution < -0.4 is 5.46 Å². The van der Waals surface area contributed by atoms with Crippen LogP contribution in [0.3, 0.4) is 0 Å². The van der Waals surface area contributed by atoms with E-state index in [1.165, 1.54) is 6.07 Å². The second-order valence-electron chi connectivity index (χ2n) is 15.1. The molecule has 0 radical (unpaired) electrons. The van der Waals surface area contributed by atoms with Gasteiger partial charge in [0.05, 0.1) is 29.8 Å². The van der Waals surface area contributed by atoms with Gasteiger partial charge in [0.2, 0.25) is 5.76 Å². The van der Waals surface area contributed by atoms with Crippen molar-refractivity contribution in [2.24, 2.45) is 0 Å². The van der Waals surface area contributed by atoms with Crippen molar-refractivity contribution in [1.29, 1.82) is 0 Å². The first-order valence-corrected chi connectivity index (χ1v) is 18.7. The van der Waals surface area contributed by atoms with Crippen molar-refractivity contribution in [3.63, 3.8) is 0 Å². The number of alkyl halides is 3. The fourth-order valence-corrected chi connectivity index (χ4v) is 6.45. The molecule has 0 N–H and O–H groups in total. The van der Waals surface area contributed by atoms with Gasteiger partial charge in [-0.25, -0.2) is 0 Å². The third kappa shape index (κ3) is 9.63. The van der Waals surface area contributed by atoms with E-state index in [-0.39, 0.29) is 18.3 Å². The molecule has 0 atom stereocenters. The second-order valence-corrected chi connectivity index (χ2v) is 16.0. The van der Waals surface area contributed by atoms with Gasteiger partial charge in [-0.15, -0.1) is 0 Å². The molecule has 5 aromatic rings. The van der Waals surface area contributed by atoms with Gasteiger partial charge in [0.15, 0.2) is 0 Å². The van der Waals surface area contributed by atoms with Crippen LogP contribution >= 0.6 is 15.9 Å². The number of hydrogen-bond donors (Lipinski definition) is 0. The van der Waals surface area contributed by atoms with E-state index in [1.807, 2.05) is 84.0 Å². The first-order chi connectivity index (χ1) is 25.3. The third-order valence-corrected chi connectivity index (χ3v) is 10.5. The monoisotopic (exact) mass is 806 g/mol. The number of benzene rings is 3. The predicted octanol–water partition coefficient (Wildman–Crippen LogP) is 9.95. The molecule has 1 fully saturated rings. The van der Waals surface area contributed by atoms with Gasteiger partial charge in [-0.1, -0.05) is 60.7 Å². The molecule has 0 saturated carbocycles. The summed E-state index contributed by atoms with van der Waals surface area (Å²) in [7, 11) is -0.456. The maximum absolute atomic E-state index is 13.2. The quantitative estimate of drug-likeness (QED) is 0.103. The van der Waals surface area contributed by atoms with E-state index in [4.69, 9.17) is 18.5 Å². The van der Waals surface area contributed by atoms with E-state index in [2.05, 4.69) is 57.0 Å². The summed E-state index contributed by atoms with van der Waals surface area (Å²) in [6, 6.07) is 24.7. The molecular formula is C42H47BBrF3N2O5. The van der Waals surface area contributed by atoms with E-state index in [0.29, 0.717) is 19.7 Å². The number of furan rings is 1. The average Bonchev–Trinajstić information content (AvgIpc) is 3.67. The number of aryl methyl sites for hydroxylation is 1. The zero-order chi connectivity index (χ0) is 39.5. The first-order valence-electron chi connectivity index (χ1n) is 17.9. The Balaban J connectivity index is 0.000000314. The zero-order valence-corrected chi connectivity index (χ0v) is 33.6. The van der Waals surface area contributed by atoms with Crippen LogP contribution in [-0.4, -0.2) is 40.8 Å². The van der Waals surface area contributed by atoms with Gasteiger partial charge in [-0.3, -0.25) is 14.7 Å². The molecule has 3 aromatic carbocycles. The van der Waals surface area contributed by atoms with Gasteiger partial charge in [0.1, 0.15) is 5.76 Å². The molecule has 0 spiro atoms. The van der Waals surface area contributed by atoms with Crippen LogP contribution in [-0.2, 0) is 50.1 Å². The Morgan fingerprint density at radius 1 is 0.889 bits per heavy atom. The number of esters is 1. The van der Waals surface area contributed by atoms with Crippen molar-refractivity contribution in [2.75, 3.05) is 6.61 Å². The number of rotatable bonds is 10. The molecule has 0 unspecified atom stereocenters. The SMILES string of the molecule is CCOC(=O)C(C)(C)c1cncc(Br)c1.Cc1ccc2ccccc2c1CN(Cc1ccc(B2OC(C)(C)C(C)(C)O2)cc1)Cc1ccc(C(F)(F)F)o1. The van der Waals surface area contributed by atoms with Crippen molar-refractivity contribution in [3.05, 3.63) is 130 Å². The van der Waals surface area contributed by atoms with Crippen LogP contribution in [0, 0.1) is 6.92 Å². The molecular weight excluding hydrogens is 760 g/mol. The van der Waals surface area contributed by atoms with Gasteiger partial charge < -0.3 is 18.5 Å². The molecule has 3 heterocycles. The first kappa shape index (κ1) is 41.2. The van der Waals surface area contributed by atoms with Crippen molar-refractivity contribution in [1.82, 2.24) is 9.88 Å². The lowest BCUT2D eigenvalue weighted by atomic mass is 9.79. The van der Waals surface area contributed by atoms with Gasteiger partial charge in [-0.2, -0.15) is 13.2 Å². The summed E-state index contributed by atoms with van der Waals surface area (Å²) in [5.41, 5.74) is 3.55. The van der Waals surface area contributed by atoms with Crippen molar-refractivity contribution >= 4 is 45.3 Å². The number of ether oxygens (including phenoxy) is 1. The summed E-state index contributed by atoms with van der Waals surface area (Å²) in [5.74, 6) is -0.940. The number of aromatic nitrogens is 1. The second kappa shape index (κ2) is 16.4. The summed E-state index contributed by atoms with van der Waals surface area (Å²) in [6.45, 7) is 17.3. The standard InChI is InChI=1S/C31H33BF3NO3.C11H14BrNO2/c1-21-10-13-23-8-6-7-9-26(23)27(21)20-36(19-25-16-17-28(37-25)31(33,34)35)18-22-11-14-24(15-12-22)32-38-29(2,3)30(4,5)39-32;1-4-15-10(14)11(2,3)8-5-9(12)7-13-6-8/h6-17H,18-20H2,1-5H3;5-7H,4H2,1-3H3. The van der Waals surface area contributed by atoms with Crippen LogP contribution in [0.2, 0.25) is 0 Å². The molecule has 0 amide bonds. The number of carbonyl (C=O) groups excluding carboxylic acids is 1. The van der Waals surface area contributed by atoms with Gasteiger partial charge in [0, 0.05) is 30.0 Å². The average molecular weight is 808 g/mol. The third-order valence-electron chi connectivity index (χ3n) is 10.1. The molecule has 6 rings (SSSR count). The fourth-order valence-electron chi connectivity index (χ4n) is 6.08.